The fraction of sp³-hybridized carbons (Fsp3) is 0.267. The van der Waals surface area contributed by atoms with Gasteiger partial charge in [0, 0.05) is 18.8 Å². The van der Waals surface area contributed by atoms with E-state index < -0.39 is 0 Å². The van der Waals surface area contributed by atoms with E-state index in [4.69, 9.17) is 5.73 Å². The minimum atomic E-state index is -0.237. The summed E-state index contributed by atoms with van der Waals surface area (Å²) in [5, 5.41) is 0. The number of anilines is 2. The number of pyridine rings is 1. The molecule has 1 unspecified atom stereocenters. The lowest BCUT2D eigenvalue weighted by Gasteiger charge is -2.19. The number of nitrogens with two attached hydrogens (primary N) is 1. The molecule has 1 aromatic carbocycles. The average molecular weight is 259 g/mol. The molecule has 2 N–H and O–H groups in total. The van der Waals surface area contributed by atoms with Crippen LogP contribution in [-0.2, 0) is 0 Å². The highest BCUT2D eigenvalue weighted by molar-refractivity contribution is 5.61. The highest BCUT2D eigenvalue weighted by Crippen LogP contribution is 2.23. The van der Waals surface area contributed by atoms with Crippen molar-refractivity contribution in [2.24, 2.45) is 5.73 Å². The van der Waals surface area contributed by atoms with Crippen molar-refractivity contribution in [1.82, 2.24) is 4.98 Å². The summed E-state index contributed by atoms with van der Waals surface area (Å²) in [7, 11) is 1.92. The average Bonchev–Trinajstić information content (AvgIpc) is 2.46. The Morgan fingerprint density at radius 3 is 2.32 bits per heavy atom. The zero-order valence-corrected chi connectivity index (χ0v) is 11.2. The Hall–Kier alpha value is -1.94. The van der Waals surface area contributed by atoms with E-state index in [0.717, 1.165) is 23.5 Å². The molecule has 100 valence electrons. The van der Waals surface area contributed by atoms with Crippen molar-refractivity contribution in [3.8, 4) is 0 Å². The van der Waals surface area contributed by atoms with Gasteiger partial charge < -0.3 is 10.6 Å². The molecule has 1 heterocycles. The fourth-order valence-electron chi connectivity index (χ4n) is 1.84. The minimum Gasteiger partial charge on any atom is -0.343 e. The lowest BCUT2D eigenvalue weighted by molar-refractivity contribution is 0.628. The molecule has 0 amide bonds. The molecule has 0 bridgehead atoms. The maximum atomic E-state index is 12.9. The molecule has 0 aliphatic rings. The van der Waals surface area contributed by atoms with Crippen LogP contribution in [0.15, 0.2) is 42.6 Å². The fourth-order valence-corrected chi connectivity index (χ4v) is 1.84. The highest BCUT2D eigenvalue weighted by atomic mass is 19.1. The van der Waals surface area contributed by atoms with E-state index in [1.165, 1.54) is 12.1 Å². The third-order valence-electron chi connectivity index (χ3n) is 3.19. The first-order valence-corrected chi connectivity index (χ1v) is 6.32. The number of nitrogens with zero attached hydrogens (tertiary/aromatic N) is 2. The molecule has 3 nitrogen and oxygen atoms in total. The summed E-state index contributed by atoms with van der Waals surface area (Å²) in [6, 6.07) is 10.2. The molecule has 0 saturated heterocycles. The second-order valence-corrected chi connectivity index (χ2v) is 4.49. The van der Waals surface area contributed by atoms with Gasteiger partial charge in [0.2, 0.25) is 0 Å². The highest BCUT2D eigenvalue weighted by Gasteiger charge is 2.07. The zero-order valence-electron chi connectivity index (χ0n) is 11.2. The van der Waals surface area contributed by atoms with Gasteiger partial charge in [-0.1, -0.05) is 6.92 Å². The normalized spacial score (nSPS) is 12.2. The maximum absolute atomic E-state index is 12.9. The predicted molar refractivity (Wildman–Crippen MR) is 75.9 cm³/mol. The van der Waals surface area contributed by atoms with E-state index in [0.29, 0.717) is 0 Å². The van der Waals surface area contributed by atoms with Gasteiger partial charge in [-0.25, -0.2) is 4.39 Å². The zero-order chi connectivity index (χ0) is 13.8. The van der Waals surface area contributed by atoms with Crippen molar-refractivity contribution in [1.29, 1.82) is 0 Å². The lowest BCUT2D eigenvalue weighted by atomic mass is 10.1. The lowest BCUT2D eigenvalue weighted by Crippen LogP contribution is -2.13. The van der Waals surface area contributed by atoms with Crippen LogP contribution in [0.1, 0.15) is 25.1 Å². The van der Waals surface area contributed by atoms with Gasteiger partial charge in [-0.15, -0.1) is 0 Å². The Kier molecular flexibility index (Phi) is 4.12. The SMILES string of the molecule is CCC(N)c1ccc(N(C)c2ccc(F)cc2)cn1. The summed E-state index contributed by atoms with van der Waals surface area (Å²) in [5.41, 5.74) is 8.67. The van der Waals surface area contributed by atoms with Crippen LogP contribution >= 0.6 is 0 Å². The van der Waals surface area contributed by atoms with Crippen molar-refractivity contribution in [2.45, 2.75) is 19.4 Å². The summed E-state index contributed by atoms with van der Waals surface area (Å²) in [6.45, 7) is 2.03. The standard InChI is InChI=1S/C15H18FN3/c1-3-14(17)15-9-8-13(10-18-15)19(2)12-6-4-11(16)5-7-12/h4-10,14H,3,17H2,1-2H3. The van der Waals surface area contributed by atoms with Crippen LogP contribution in [0, 0.1) is 5.82 Å². The van der Waals surface area contributed by atoms with Crippen molar-refractivity contribution >= 4 is 11.4 Å². The molecule has 0 aliphatic heterocycles. The Labute approximate surface area is 112 Å². The maximum Gasteiger partial charge on any atom is 0.123 e. The van der Waals surface area contributed by atoms with E-state index in [2.05, 4.69) is 4.98 Å². The van der Waals surface area contributed by atoms with Gasteiger partial charge in [-0.3, -0.25) is 4.98 Å². The Morgan fingerprint density at radius 2 is 1.79 bits per heavy atom. The van der Waals surface area contributed by atoms with Crippen molar-refractivity contribution in [3.05, 3.63) is 54.1 Å². The van der Waals surface area contributed by atoms with Crippen LogP contribution in [-0.4, -0.2) is 12.0 Å². The van der Waals surface area contributed by atoms with Gasteiger partial charge in [0.15, 0.2) is 0 Å². The third kappa shape index (κ3) is 3.09. The first-order valence-electron chi connectivity index (χ1n) is 6.32. The van der Waals surface area contributed by atoms with Gasteiger partial charge in [0.1, 0.15) is 5.82 Å². The molecule has 1 aromatic heterocycles. The largest absolute Gasteiger partial charge is 0.343 e. The van der Waals surface area contributed by atoms with Crippen molar-refractivity contribution < 1.29 is 4.39 Å². The Balaban J connectivity index is 2.19. The summed E-state index contributed by atoms with van der Waals surface area (Å²) in [4.78, 5) is 6.32. The number of halogens is 1. The molecule has 0 saturated carbocycles. The van der Waals surface area contributed by atoms with E-state index in [1.54, 1.807) is 18.3 Å². The Morgan fingerprint density at radius 1 is 1.16 bits per heavy atom. The smallest absolute Gasteiger partial charge is 0.123 e. The molecule has 0 spiro atoms. The van der Waals surface area contributed by atoms with Crippen LogP contribution in [0.25, 0.3) is 0 Å². The molecule has 0 radical (unpaired) electrons. The van der Waals surface area contributed by atoms with Crippen LogP contribution in [0.4, 0.5) is 15.8 Å². The van der Waals surface area contributed by atoms with Crippen molar-refractivity contribution in [3.63, 3.8) is 0 Å². The molecule has 2 rings (SSSR count). The van der Waals surface area contributed by atoms with Crippen LogP contribution in [0.2, 0.25) is 0 Å². The van der Waals surface area contributed by atoms with Crippen LogP contribution < -0.4 is 10.6 Å². The van der Waals surface area contributed by atoms with Gasteiger partial charge in [-0.2, -0.15) is 0 Å². The third-order valence-corrected chi connectivity index (χ3v) is 3.19. The summed E-state index contributed by atoms with van der Waals surface area (Å²) in [5.74, 6) is -0.237. The molecule has 0 fully saturated rings. The second kappa shape index (κ2) is 5.80. The minimum absolute atomic E-state index is 0.0230. The van der Waals surface area contributed by atoms with Gasteiger partial charge in [0.25, 0.3) is 0 Å². The number of rotatable bonds is 4. The number of benzene rings is 1. The summed E-state index contributed by atoms with van der Waals surface area (Å²) >= 11 is 0. The molecule has 2 aromatic rings. The quantitative estimate of drug-likeness (QED) is 0.915. The van der Waals surface area contributed by atoms with Crippen LogP contribution in [0.5, 0.6) is 0 Å². The van der Waals surface area contributed by atoms with E-state index in [9.17, 15) is 4.39 Å². The van der Waals surface area contributed by atoms with Gasteiger partial charge in [-0.05, 0) is 42.8 Å². The molecule has 1 atom stereocenters. The molecule has 4 heteroatoms. The first kappa shape index (κ1) is 13.5. The molecular weight excluding hydrogens is 241 g/mol. The number of hydrogen-bond donors (Lipinski definition) is 1. The predicted octanol–water partition coefficient (Wildman–Crippen LogP) is 3.40. The van der Waals surface area contributed by atoms with E-state index in [-0.39, 0.29) is 11.9 Å². The van der Waals surface area contributed by atoms with Crippen molar-refractivity contribution in [2.75, 3.05) is 11.9 Å². The van der Waals surface area contributed by atoms with E-state index in [1.807, 2.05) is 31.0 Å². The summed E-state index contributed by atoms with van der Waals surface area (Å²) < 4.78 is 12.9. The van der Waals surface area contributed by atoms with Gasteiger partial charge in [0.05, 0.1) is 17.6 Å². The first-order chi connectivity index (χ1) is 9.11. The molecular formula is C15H18FN3. The summed E-state index contributed by atoms with van der Waals surface area (Å²) in [6.07, 6.45) is 2.65. The number of hydrogen-bond acceptors (Lipinski definition) is 3. The molecule has 0 aliphatic carbocycles. The Bertz CT molecular complexity index is 522. The number of aromatic nitrogens is 1. The monoisotopic (exact) mass is 259 g/mol. The van der Waals surface area contributed by atoms with Gasteiger partial charge >= 0.3 is 0 Å². The second-order valence-electron chi connectivity index (χ2n) is 4.49. The van der Waals surface area contributed by atoms with E-state index >= 15 is 0 Å². The van der Waals surface area contributed by atoms with Crippen LogP contribution in [0.3, 0.4) is 0 Å². The molecule has 19 heavy (non-hydrogen) atoms. The topological polar surface area (TPSA) is 42.1 Å².